The average Bonchev–Trinajstić information content (AvgIpc) is 2.29. The van der Waals surface area contributed by atoms with E-state index in [0.717, 1.165) is 0 Å². The van der Waals surface area contributed by atoms with Gasteiger partial charge in [0.2, 0.25) is 5.91 Å². The number of carbonyl (C=O) groups is 1. The summed E-state index contributed by atoms with van der Waals surface area (Å²) in [5, 5.41) is 11.7. The third-order valence-corrected chi connectivity index (χ3v) is 2.76. The fourth-order valence-corrected chi connectivity index (χ4v) is 1.58. The number of nitrogens with one attached hydrogen (secondary N) is 1. The Kier molecular flexibility index (Phi) is 5.09. The van der Waals surface area contributed by atoms with Crippen LogP contribution in [0.3, 0.4) is 0 Å². The second-order valence-electron chi connectivity index (χ2n) is 4.37. The standard InChI is InChI=1S/C13H18FNO3/c1-8(2)10(7-16)13(17)15-9-4-5-12(18-3)11(14)6-9/h4-6,8,10,16H,7H2,1-3H3,(H,15,17). The molecule has 0 saturated carbocycles. The number of methoxy groups -OCH3 is 1. The predicted molar refractivity (Wildman–Crippen MR) is 67.0 cm³/mol. The van der Waals surface area contributed by atoms with Gasteiger partial charge in [-0.3, -0.25) is 4.79 Å². The molecule has 1 aromatic rings. The van der Waals surface area contributed by atoms with Crippen molar-refractivity contribution in [2.24, 2.45) is 11.8 Å². The van der Waals surface area contributed by atoms with Gasteiger partial charge in [0.25, 0.3) is 0 Å². The van der Waals surface area contributed by atoms with Crippen molar-refractivity contribution in [3.63, 3.8) is 0 Å². The van der Waals surface area contributed by atoms with E-state index in [1.54, 1.807) is 6.07 Å². The summed E-state index contributed by atoms with van der Waals surface area (Å²) in [4.78, 5) is 11.8. The first-order valence-corrected chi connectivity index (χ1v) is 5.74. The number of hydrogen-bond acceptors (Lipinski definition) is 3. The van der Waals surface area contributed by atoms with E-state index in [-0.39, 0.29) is 24.2 Å². The third-order valence-electron chi connectivity index (χ3n) is 2.76. The summed E-state index contributed by atoms with van der Waals surface area (Å²) in [5.41, 5.74) is 0.345. The molecule has 0 fully saturated rings. The molecular formula is C13H18FNO3. The Morgan fingerprint density at radius 1 is 1.50 bits per heavy atom. The van der Waals surface area contributed by atoms with Crippen LogP contribution < -0.4 is 10.1 Å². The van der Waals surface area contributed by atoms with Crippen molar-refractivity contribution in [1.29, 1.82) is 0 Å². The maximum atomic E-state index is 13.4. The molecule has 1 amide bonds. The van der Waals surface area contributed by atoms with Gasteiger partial charge in [-0.05, 0) is 18.1 Å². The summed E-state index contributed by atoms with van der Waals surface area (Å²) in [6, 6.07) is 4.17. The minimum atomic E-state index is -0.541. The summed E-state index contributed by atoms with van der Waals surface area (Å²) < 4.78 is 18.2. The largest absolute Gasteiger partial charge is 0.494 e. The molecule has 0 bridgehead atoms. The summed E-state index contributed by atoms with van der Waals surface area (Å²) in [6.45, 7) is 3.45. The SMILES string of the molecule is COc1ccc(NC(=O)C(CO)C(C)C)cc1F. The van der Waals surface area contributed by atoms with Gasteiger partial charge in [0.05, 0.1) is 19.6 Å². The number of anilines is 1. The number of rotatable bonds is 5. The Bertz CT molecular complexity index is 421. The molecule has 1 unspecified atom stereocenters. The van der Waals surface area contributed by atoms with Crippen LogP contribution in [0.4, 0.5) is 10.1 Å². The Morgan fingerprint density at radius 3 is 2.61 bits per heavy atom. The van der Waals surface area contributed by atoms with Gasteiger partial charge < -0.3 is 15.2 Å². The molecule has 0 aliphatic carbocycles. The zero-order valence-corrected chi connectivity index (χ0v) is 10.7. The van der Waals surface area contributed by atoms with Crippen molar-refractivity contribution < 1.29 is 19.0 Å². The highest BCUT2D eigenvalue weighted by Crippen LogP contribution is 2.21. The summed E-state index contributed by atoms with van der Waals surface area (Å²) >= 11 is 0. The van der Waals surface area contributed by atoms with Gasteiger partial charge >= 0.3 is 0 Å². The molecule has 0 aliphatic heterocycles. The van der Waals surface area contributed by atoms with Crippen molar-refractivity contribution in [2.75, 3.05) is 19.0 Å². The lowest BCUT2D eigenvalue weighted by Gasteiger charge is -2.17. The van der Waals surface area contributed by atoms with Gasteiger partial charge in [0.1, 0.15) is 0 Å². The Morgan fingerprint density at radius 2 is 2.17 bits per heavy atom. The quantitative estimate of drug-likeness (QED) is 0.846. The third kappa shape index (κ3) is 3.43. The van der Waals surface area contributed by atoms with Crippen LogP contribution in [0.5, 0.6) is 5.75 Å². The molecule has 0 aliphatic rings. The van der Waals surface area contributed by atoms with E-state index in [9.17, 15) is 9.18 Å². The molecular weight excluding hydrogens is 237 g/mol. The van der Waals surface area contributed by atoms with Crippen LogP contribution in [0.15, 0.2) is 18.2 Å². The number of aliphatic hydroxyl groups excluding tert-OH is 1. The maximum Gasteiger partial charge on any atom is 0.230 e. The Hall–Kier alpha value is -1.62. The van der Waals surface area contributed by atoms with Crippen LogP contribution in [0.2, 0.25) is 0 Å². The lowest BCUT2D eigenvalue weighted by molar-refractivity contribution is -0.122. The van der Waals surface area contributed by atoms with Crippen molar-refractivity contribution in [3.8, 4) is 5.75 Å². The van der Waals surface area contributed by atoms with E-state index in [4.69, 9.17) is 9.84 Å². The van der Waals surface area contributed by atoms with Gasteiger partial charge in [0.15, 0.2) is 11.6 Å². The number of ether oxygens (including phenoxy) is 1. The van der Waals surface area contributed by atoms with Crippen LogP contribution in [-0.4, -0.2) is 24.7 Å². The molecule has 0 radical (unpaired) electrons. The highest BCUT2D eigenvalue weighted by Gasteiger charge is 2.21. The van der Waals surface area contributed by atoms with Crippen molar-refractivity contribution in [3.05, 3.63) is 24.0 Å². The second-order valence-corrected chi connectivity index (χ2v) is 4.37. The van der Waals surface area contributed by atoms with Crippen LogP contribution in [0, 0.1) is 17.7 Å². The molecule has 4 nitrogen and oxygen atoms in total. The zero-order valence-electron chi connectivity index (χ0n) is 10.7. The first-order valence-electron chi connectivity index (χ1n) is 5.74. The second kappa shape index (κ2) is 6.35. The van der Waals surface area contributed by atoms with E-state index >= 15 is 0 Å². The van der Waals surface area contributed by atoms with Gasteiger partial charge in [-0.15, -0.1) is 0 Å². The molecule has 0 aromatic heterocycles. The number of hydrogen-bond donors (Lipinski definition) is 2. The number of benzene rings is 1. The van der Waals surface area contributed by atoms with Crippen LogP contribution in [-0.2, 0) is 4.79 Å². The molecule has 2 N–H and O–H groups in total. The summed E-state index contributed by atoms with van der Waals surface area (Å²) in [5.74, 6) is -1.23. The van der Waals surface area contributed by atoms with E-state index in [1.165, 1.54) is 19.2 Å². The normalized spacial score (nSPS) is 12.3. The van der Waals surface area contributed by atoms with Crippen LogP contribution >= 0.6 is 0 Å². The molecule has 1 rings (SSSR count). The zero-order chi connectivity index (χ0) is 13.7. The van der Waals surface area contributed by atoms with E-state index in [0.29, 0.717) is 5.69 Å². The minimum absolute atomic E-state index is 0.0121. The van der Waals surface area contributed by atoms with Crippen molar-refractivity contribution in [1.82, 2.24) is 0 Å². The highest BCUT2D eigenvalue weighted by atomic mass is 19.1. The minimum Gasteiger partial charge on any atom is -0.494 e. The van der Waals surface area contributed by atoms with Crippen molar-refractivity contribution >= 4 is 11.6 Å². The molecule has 5 heteroatoms. The Labute approximate surface area is 106 Å². The lowest BCUT2D eigenvalue weighted by atomic mass is 9.96. The molecule has 100 valence electrons. The van der Waals surface area contributed by atoms with Crippen LogP contribution in [0.1, 0.15) is 13.8 Å². The first kappa shape index (κ1) is 14.4. The van der Waals surface area contributed by atoms with Gasteiger partial charge in [0, 0.05) is 11.8 Å². The number of amides is 1. The molecule has 0 saturated heterocycles. The first-order chi connectivity index (χ1) is 8.49. The monoisotopic (exact) mass is 255 g/mol. The highest BCUT2D eigenvalue weighted by molar-refractivity contribution is 5.92. The topological polar surface area (TPSA) is 58.6 Å². The van der Waals surface area contributed by atoms with Gasteiger partial charge in [-0.25, -0.2) is 4.39 Å². The molecule has 18 heavy (non-hydrogen) atoms. The maximum absolute atomic E-state index is 13.4. The van der Waals surface area contributed by atoms with E-state index < -0.39 is 11.7 Å². The fraction of sp³-hybridized carbons (Fsp3) is 0.462. The smallest absolute Gasteiger partial charge is 0.230 e. The summed E-state index contributed by atoms with van der Waals surface area (Å²) in [6.07, 6.45) is 0. The van der Waals surface area contributed by atoms with Crippen LogP contribution in [0.25, 0.3) is 0 Å². The molecule has 1 aromatic carbocycles. The number of aliphatic hydroxyl groups is 1. The van der Waals surface area contributed by atoms with E-state index in [1.807, 2.05) is 13.8 Å². The van der Waals surface area contributed by atoms with E-state index in [2.05, 4.69) is 5.32 Å². The molecule has 0 heterocycles. The molecule has 0 spiro atoms. The predicted octanol–water partition coefficient (Wildman–Crippen LogP) is 2.04. The Balaban J connectivity index is 2.78. The summed E-state index contributed by atoms with van der Waals surface area (Å²) in [7, 11) is 1.37. The lowest BCUT2D eigenvalue weighted by Crippen LogP contribution is -2.29. The number of halogens is 1. The fourth-order valence-electron chi connectivity index (χ4n) is 1.58. The van der Waals surface area contributed by atoms with Gasteiger partial charge in [-0.1, -0.05) is 13.8 Å². The van der Waals surface area contributed by atoms with Gasteiger partial charge in [-0.2, -0.15) is 0 Å². The number of carbonyl (C=O) groups excluding carboxylic acids is 1. The average molecular weight is 255 g/mol. The van der Waals surface area contributed by atoms with Crippen molar-refractivity contribution in [2.45, 2.75) is 13.8 Å². The molecule has 1 atom stereocenters.